The highest BCUT2D eigenvalue weighted by molar-refractivity contribution is 7.84. The van der Waals surface area contributed by atoms with Gasteiger partial charge in [0.2, 0.25) is 0 Å². The number of hydrogen-bond acceptors (Lipinski definition) is 2. The molecule has 4 heteroatoms. The number of aliphatic hydroxyl groups is 1. The zero-order valence-electron chi connectivity index (χ0n) is 13.8. The molecule has 3 rings (SSSR count). The Labute approximate surface area is 140 Å². The van der Waals surface area contributed by atoms with E-state index in [0.29, 0.717) is 6.54 Å². The quantitative estimate of drug-likeness (QED) is 0.876. The van der Waals surface area contributed by atoms with E-state index in [9.17, 15) is 9.32 Å². The molecular formula is C19H23NO2S. The third-order valence-electron chi connectivity index (χ3n) is 4.21. The van der Waals surface area contributed by atoms with E-state index in [4.69, 9.17) is 0 Å². The first-order valence-electron chi connectivity index (χ1n) is 7.87. The van der Waals surface area contributed by atoms with Gasteiger partial charge in [-0.3, -0.25) is 0 Å². The van der Waals surface area contributed by atoms with Gasteiger partial charge in [0.05, 0.1) is 10.8 Å². The van der Waals surface area contributed by atoms with Crippen LogP contribution in [0.15, 0.2) is 60.7 Å². The zero-order valence-corrected chi connectivity index (χ0v) is 14.6. The van der Waals surface area contributed by atoms with Crippen LogP contribution in [0.4, 0.5) is 0 Å². The Morgan fingerprint density at radius 3 is 1.78 bits per heavy atom. The molecule has 3 nitrogen and oxygen atoms in total. The highest BCUT2D eigenvalue weighted by atomic mass is 32.2. The van der Waals surface area contributed by atoms with E-state index in [-0.39, 0.29) is 10.8 Å². The molecule has 0 radical (unpaired) electrons. The van der Waals surface area contributed by atoms with E-state index in [1.165, 1.54) is 0 Å². The van der Waals surface area contributed by atoms with Crippen LogP contribution >= 0.6 is 0 Å². The maximum atomic E-state index is 12.7. The summed E-state index contributed by atoms with van der Waals surface area (Å²) in [5.41, 5.74) is 0.526. The predicted octanol–water partition coefficient (Wildman–Crippen LogP) is 3.07. The summed E-state index contributed by atoms with van der Waals surface area (Å²) in [4.78, 5) is 0. The lowest BCUT2D eigenvalue weighted by Crippen LogP contribution is -2.38. The summed E-state index contributed by atoms with van der Waals surface area (Å²) in [5.74, 6) is 0. The molecule has 1 heterocycles. The van der Waals surface area contributed by atoms with Gasteiger partial charge in [0.25, 0.3) is 0 Å². The molecule has 0 saturated carbocycles. The molecule has 1 aliphatic rings. The Kier molecular flexibility index (Phi) is 4.17. The normalized spacial score (nSPS) is 22.6. The van der Waals surface area contributed by atoms with E-state index in [1.807, 2.05) is 85.7 Å². The van der Waals surface area contributed by atoms with Crippen LogP contribution in [-0.2, 0) is 16.6 Å². The third-order valence-corrected chi connectivity index (χ3v) is 6.09. The Hall–Kier alpha value is -1.49. The molecule has 2 aromatic carbocycles. The van der Waals surface area contributed by atoms with E-state index >= 15 is 0 Å². The SMILES string of the molecule is CC(C)(C)[S@@](=O)N1C[C@@H]1C(O)(c1ccccc1)c1ccccc1. The molecule has 0 amide bonds. The van der Waals surface area contributed by atoms with Gasteiger partial charge >= 0.3 is 0 Å². The largest absolute Gasteiger partial charge is 0.379 e. The number of nitrogens with zero attached hydrogens (tertiary/aromatic N) is 1. The van der Waals surface area contributed by atoms with E-state index in [1.54, 1.807) is 0 Å². The van der Waals surface area contributed by atoms with Crippen LogP contribution in [0.5, 0.6) is 0 Å². The maximum absolute atomic E-state index is 12.7. The highest BCUT2D eigenvalue weighted by Crippen LogP contribution is 2.44. The molecule has 0 bridgehead atoms. The Morgan fingerprint density at radius 2 is 1.39 bits per heavy atom. The molecule has 23 heavy (non-hydrogen) atoms. The fourth-order valence-corrected chi connectivity index (χ4v) is 4.30. The number of hydrogen-bond donors (Lipinski definition) is 1. The van der Waals surface area contributed by atoms with Gasteiger partial charge in [-0.05, 0) is 31.9 Å². The minimum absolute atomic E-state index is 0.174. The fraction of sp³-hybridized carbons (Fsp3) is 0.368. The summed E-state index contributed by atoms with van der Waals surface area (Å²) < 4.78 is 14.2. The molecule has 0 aliphatic carbocycles. The molecule has 1 fully saturated rings. The average molecular weight is 329 g/mol. The first kappa shape index (κ1) is 16.4. The van der Waals surface area contributed by atoms with Gasteiger partial charge < -0.3 is 5.11 Å². The van der Waals surface area contributed by atoms with Crippen molar-refractivity contribution in [2.24, 2.45) is 0 Å². The Bertz CT molecular complexity index is 655. The van der Waals surface area contributed by atoms with Crippen molar-refractivity contribution in [3.63, 3.8) is 0 Å². The summed E-state index contributed by atoms with van der Waals surface area (Å²) in [6.07, 6.45) is 0. The molecule has 122 valence electrons. The average Bonchev–Trinajstić information content (AvgIpc) is 3.35. The van der Waals surface area contributed by atoms with Gasteiger partial charge in [0.15, 0.2) is 0 Å². The molecule has 1 unspecified atom stereocenters. The van der Waals surface area contributed by atoms with Crippen molar-refractivity contribution in [3.05, 3.63) is 71.8 Å². The first-order chi connectivity index (χ1) is 10.8. The summed E-state index contributed by atoms with van der Waals surface area (Å²) in [5, 5.41) is 11.6. The topological polar surface area (TPSA) is 40.3 Å². The van der Waals surface area contributed by atoms with E-state index in [2.05, 4.69) is 0 Å². The lowest BCUT2D eigenvalue weighted by molar-refractivity contribution is 0.0723. The van der Waals surface area contributed by atoms with Gasteiger partial charge in [-0.15, -0.1) is 0 Å². The second-order valence-corrected chi connectivity index (χ2v) is 9.17. The predicted molar refractivity (Wildman–Crippen MR) is 94.3 cm³/mol. The summed E-state index contributed by atoms with van der Waals surface area (Å²) in [7, 11) is -1.13. The smallest absolute Gasteiger partial charge is 0.132 e. The van der Waals surface area contributed by atoms with Crippen LogP contribution in [0.2, 0.25) is 0 Å². The lowest BCUT2D eigenvalue weighted by Gasteiger charge is -2.30. The van der Waals surface area contributed by atoms with Crippen molar-refractivity contribution in [2.45, 2.75) is 37.2 Å². The monoisotopic (exact) mass is 329 g/mol. The van der Waals surface area contributed by atoms with E-state index < -0.39 is 16.6 Å². The van der Waals surface area contributed by atoms with Crippen LogP contribution < -0.4 is 0 Å². The molecule has 1 aliphatic heterocycles. The molecule has 3 atom stereocenters. The van der Waals surface area contributed by atoms with Crippen LogP contribution in [0.1, 0.15) is 31.9 Å². The van der Waals surface area contributed by atoms with Gasteiger partial charge in [0, 0.05) is 6.54 Å². The van der Waals surface area contributed by atoms with Crippen molar-refractivity contribution < 1.29 is 9.32 Å². The van der Waals surface area contributed by atoms with Crippen molar-refractivity contribution in [1.82, 2.24) is 4.31 Å². The van der Waals surface area contributed by atoms with Gasteiger partial charge in [-0.1, -0.05) is 60.7 Å². The van der Waals surface area contributed by atoms with E-state index in [0.717, 1.165) is 11.1 Å². The Morgan fingerprint density at radius 1 is 0.957 bits per heavy atom. The molecule has 0 spiro atoms. The molecule has 0 aromatic heterocycles. The minimum Gasteiger partial charge on any atom is -0.379 e. The first-order valence-corrected chi connectivity index (χ1v) is 8.98. The lowest BCUT2D eigenvalue weighted by atomic mass is 9.83. The Balaban J connectivity index is 2.01. The molecule has 2 aromatic rings. The minimum atomic E-state index is -1.15. The van der Waals surface area contributed by atoms with Crippen LogP contribution in [0.3, 0.4) is 0 Å². The fourth-order valence-electron chi connectivity index (χ4n) is 2.93. The van der Waals surface area contributed by atoms with Gasteiger partial charge in [0.1, 0.15) is 16.6 Å². The summed E-state index contributed by atoms with van der Waals surface area (Å²) in [6, 6.07) is 19.1. The number of benzene rings is 2. The second kappa shape index (κ2) is 5.86. The molecule has 1 saturated heterocycles. The second-order valence-electron chi connectivity index (χ2n) is 6.98. The third kappa shape index (κ3) is 2.99. The molecule has 1 N–H and O–H groups in total. The van der Waals surface area contributed by atoms with Crippen molar-refractivity contribution in [2.75, 3.05) is 6.54 Å². The van der Waals surface area contributed by atoms with Crippen molar-refractivity contribution >= 4 is 11.0 Å². The van der Waals surface area contributed by atoms with Crippen molar-refractivity contribution in [3.8, 4) is 0 Å². The maximum Gasteiger partial charge on any atom is 0.132 e. The van der Waals surface area contributed by atoms with Crippen LogP contribution in [0.25, 0.3) is 0 Å². The van der Waals surface area contributed by atoms with Gasteiger partial charge in [-0.2, -0.15) is 0 Å². The highest BCUT2D eigenvalue weighted by Gasteiger charge is 2.56. The van der Waals surface area contributed by atoms with Crippen molar-refractivity contribution in [1.29, 1.82) is 0 Å². The number of rotatable bonds is 4. The zero-order chi connectivity index (χ0) is 16.7. The standard InChI is InChI=1S/C19H23NO2S/c1-18(2,3)23(22)20-14-17(20)19(21,15-10-6-4-7-11-15)16-12-8-5-9-13-16/h4-13,17,21H,14H2,1-3H3/t17-,20?,23-/m1/s1. The summed E-state index contributed by atoms with van der Waals surface area (Å²) >= 11 is 0. The molecular weight excluding hydrogens is 306 g/mol. The summed E-state index contributed by atoms with van der Waals surface area (Å²) in [6.45, 7) is 6.51. The van der Waals surface area contributed by atoms with Crippen LogP contribution in [0, 0.1) is 0 Å². The van der Waals surface area contributed by atoms with Gasteiger partial charge in [-0.25, -0.2) is 8.51 Å². The van der Waals surface area contributed by atoms with Crippen LogP contribution in [-0.4, -0.2) is 31.0 Å².